The van der Waals surface area contributed by atoms with Gasteiger partial charge in [0.05, 0.1) is 0 Å². The maximum atomic E-state index is 9.55. The molecule has 124 valence electrons. The Hall–Kier alpha value is -3.40. The van der Waals surface area contributed by atoms with Crippen molar-refractivity contribution in [2.75, 3.05) is 0 Å². The van der Waals surface area contributed by atoms with Crippen LogP contribution in [0.5, 0.6) is 0 Å². The number of carboxylic acid groups (broad SMARTS) is 2. The lowest BCUT2D eigenvalue weighted by Crippen LogP contribution is -1.91. The Labute approximate surface area is 141 Å². The highest BCUT2D eigenvalue weighted by atomic mass is 16.4. The molecule has 0 unspecified atom stereocenters. The summed E-state index contributed by atoms with van der Waals surface area (Å²) in [4.78, 5) is 19.1. The van der Waals surface area contributed by atoms with Gasteiger partial charge in [-0.05, 0) is 11.1 Å². The minimum Gasteiger partial charge on any atom is -0.478 e. The van der Waals surface area contributed by atoms with Crippen LogP contribution < -0.4 is 0 Å². The number of hydrogen-bond donors (Lipinski definition) is 2. The lowest BCUT2D eigenvalue weighted by atomic mass is 10.2. The molecule has 0 amide bonds. The second-order valence-corrected chi connectivity index (χ2v) is 4.24. The highest BCUT2D eigenvalue weighted by Gasteiger charge is 1.88. The quantitative estimate of drug-likeness (QED) is 0.819. The van der Waals surface area contributed by atoms with E-state index in [9.17, 15) is 9.59 Å². The van der Waals surface area contributed by atoms with Gasteiger partial charge in [-0.3, -0.25) is 0 Å². The van der Waals surface area contributed by atoms with Crippen LogP contribution in [0.2, 0.25) is 0 Å². The number of hydrogen-bond acceptors (Lipinski definition) is 2. The van der Waals surface area contributed by atoms with E-state index in [1.54, 1.807) is 0 Å². The Bertz CT molecular complexity index is 599. The van der Waals surface area contributed by atoms with E-state index in [0.29, 0.717) is 12.2 Å². The molecule has 0 radical (unpaired) electrons. The van der Waals surface area contributed by atoms with Crippen molar-refractivity contribution in [1.29, 1.82) is 0 Å². The summed E-state index contributed by atoms with van der Waals surface area (Å²) in [6.07, 6.45) is 4.78. The number of benzene rings is 2. The zero-order valence-corrected chi connectivity index (χ0v) is 13.2. The maximum absolute atomic E-state index is 9.55. The third kappa shape index (κ3) is 12.3. The predicted molar refractivity (Wildman–Crippen MR) is 97.5 cm³/mol. The molecule has 0 saturated carbocycles. The molecule has 0 spiro atoms. The van der Waals surface area contributed by atoms with Crippen LogP contribution in [0.1, 0.15) is 11.1 Å². The Kier molecular flexibility index (Phi) is 11.4. The van der Waals surface area contributed by atoms with Crippen LogP contribution in [0.4, 0.5) is 0 Å². The molecule has 0 aliphatic rings. The molecule has 2 N–H and O–H groups in total. The van der Waals surface area contributed by atoms with Crippen LogP contribution in [-0.4, -0.2) is 22.2 Å². The smallest absolute Gasteiger partial charge is 0.328 e. The molecule has 2 aromatic carbocycles. The van der Waals surface area contributed by atoms with E-state index in [1.807, 2.05) is 72.8 Å². The summed E-state index contributed by atoms with van der Waals surface area (Å²) in [6.45, 7) is 7.26. The molecular weight excluding hydrogens is 304 g/mol. The normalized spacial score (nSPS) is 8.83. The van der Waals surface area contributed by atoms with Gasteiger partial charge in [0.1, 0.15) is 0 Å². The van der Waals surface area contributed by atoms with E-state index in [2.05, 4.69) is 13.2 Å². The van der Waals surface area contributed by atoms with Crippen LogP contribution in [0.3, 0.4) is 0 Å². The van der Waals surface area contributed by atoms with Crippen molar-refractivity contribution in [2.45, 2.75) is 0 Å². The molecule has 0 aliphatic carbocycles. The molecule has 0 bridgehead atoms. The van der Waals surface area contributed by atoms with Gasteiger partial charge in [0.15, 0.2) is 0 Å². The molecule has 0 aliphatic heterocycles. The molecule has 2 aromatic rings. The van der Waals surface area contributed by atoms with Crippen molar-refractivity contribution in [3.8, 4) is 0 Å². The topological polar surface area (TPSA) is 74.6 Å². The molecular formula is C20H20O4. The average Bonchev–Trinajstić information content (AvgIpc) is 2.62. The lowest BCUT2D eigenvalue weighted by Gasteiger charge is -1.85. The van der Waals surface area contributed by atoms with Crippen LogP contribution >= 0.6 is 0 Å². The summed E-state index contributed by atoms with van der Waals surface area (Å²) in [6, 6.07) is 20.1. The highest BCUT2D eigenvalue weighted by molar-refractivity contribution is 5.89. The van der Waals surface area contributed by atoms with Crippen molar-refractivity contribution in [3.05, 3.63) is 97.1 Å². The van der Waals surface area contributed by atoms with E-state index in [-0.39, 0.29) is 0 Å². The first-order chi connectivity index (χ1) is 11.5. The number of aliphatic carboxylic acids is 2. The standard InChI is InChI=1S/2C8H8.C4H4O4/c2*1-2-8-6-4-3-5-7-8;5-3(6)1-2-4(7)8/h2*2-7H,1H2;1-2H,(H,5,6)(H,7,8)/b;;2-1-. The van der Waals surface area contributed by atoms with Crippen molar-refractivity contribution < 1.29 is 19.8 Å². The van der Waals surface area contributed by atoms with Gasteiger partial charge in [-0.1, -0.05) is 86.0 Å². The fourth-order valence-corrected chi connectivity index (χ4v) is 1.32. The lowest BCUT2D eigenvalue weighted by molar-refractivity contribution is -0.134. The van der Waals surface area contributed by atoms with Gasteiger partial charge in [-0.15, -0.1) is 0 Å². The fraction of sp³-hybridized carbons (Fsp3) is 0. The summed E-state index contributed by atoms with van der Waals surface area (Å²) in [5.74, 6) is -2.51. The third-order valence-electron chi connectivity index (χ3n) is 2.44. The molecule has 2 rings (SSSR count). The zero-order chi connectivity index (χ0) is 18.2. The molecule has 0 aromatic heterocycles. The Morgan fingerprint density at radius 2 is 0.958 bits per heavy atom. The molecule has 0 atom stereocenters. The number of carboxylic acids is 2. The summed E-state index contributed by atoms with van der Waals surface area (Å²) < 4.78 is 0. The molecule has 4 nitrogen and oxygen atoms in total. The minimum atomic E-state index is -1.26. The van der Waals surface area contributed by atoms with Crippen LogP contribution in [0.25, 0.3) is 12.2 Å². The van der Waals surface area contributed by atoms with Crippen LogP contribution in [-0.2, 0) is 9.59 Å². The summed E-state index contributed by atoms with van der Waals surface area (Å²) in [5, 5.41) is 15.6. The van der Waals surface area contributed by atoms with Crippen molar-refractivity contribution in [2.24, 2.45) is 0 Å². The van der Waals surface area contributed by atoms with Gasteiger partial charge in [0.25, 0.3) is 0 Å². The Balaban J connectivity index is 0.000000331. The molecule has 0 fully saturated rings. The average molecular weight is 324 g/mol. The first kappa shape index (κ1) is 20.6. The van der Waals surface area contributed by atoms with Crippen LogP contribution in [0, 0.1) is 0 Å². The number of carbonyl (C=O) groups is 2. The minimum absolute atomic E-state index is 0.558. The summed E-state index contributed by atoms with van der Waals surface area (Å²) in [7, 11) is 0. The summed E-state index contributed by atoms with van der Waals surface area (Å²) in [5.41, 5.74) is 2.35. The molecule has 24 heavy (non-hydrogen) atoms. The third-order valence-corrected chi connectivity index (χ3v) is 2.44. The fourth-order valence-electron chi connectivity index (χ4n) is 1.32. The van der Waals surface area contributed by atoms with Crippen LogP contribution in [0.15, 0.2) is 86.0 Å². The highest BCUT2D eigenvalue weighted by Crippen LogP contribution is 1.98. The summed E-state index contributed by atoms with van der Waals surface area (Å²) >= 11 is 0. The van der Waals surface area contributed by atoms with Gasteiger partial charge < -0.3 is 10.2 Å². The second kappa shape index (κ2) is 13.3. The van der Waals surface area contributed by atoms with Gasteiger partial charge >= 0.3 is 11.9 Å². The largest absolute Gasteiger partial charge is 0.478 e. The van der Waals surface area contributed by atoms with E-state index in [1.165, 1.54) is 11.1 Å². The first-order valence-electron chi connectivity index (χ1n) is 6.98. The number of rotatable bonds is 4. The maximum Gasteiger partial charge on any atom is 0.328 e. The Morgan fingerprint density at radius 3 is 1.12 bits per heavy atom. The monoisotopic (exact) mass is 324 g/mol. The Morgan fingerprint density at radius 1 is 0.667 bits per heavy atom. The van der Waals surface area contributed by atoms with Crippen molar-refractivity contribution >= 4 is 24.1 Å². The zero-order valence-electron chi connectivity index (χ0n) is 13.2. The van der Waals surface area contributed by atoms with E-state index < -0.39 is 11.9 Å². The van der Waals surface area contributed by atoms with Gasteiger partial charge in [0, 0.05) is 12.2 Å². The van der Waals surface area contributed by atoms with Gasteiger partial charge in [0.2, 0.25) is 0 Å². The van der Waals surface area contributed by atoms with Gasteiger partial charge in [-0.25, -0.2) is 9.59 Å². The van der Waals surface area contributed by atoms with Crippen molar-refractivity contribution in [3.63, 3.8) is 0 Å². The van der Waals surface area contributed by atoms with E-state index in [4.69, 9.17) is 10.2 Å². The van der Waals surface area contributed by atoms with E-state index >= 15 is 0 Å². The van der Waals surface area contributed by atoms with E-state index in [0.717, 1.165) is 0 Å². The molecule has 0 saturated heterocycles. The second-order valence-electron chi connectivity index (χ2n) is 4.24. The molecule has 0 heterocycles. The van der Waals surface area contributed by atoms with Gasteiger partial charge in [-0.2, -0.15) is 0 Å². The SMILES string of the molecule is C=Cc1ccccc1.C=Cc1ccccc1.O=C(O)/C=C\C(=O)O. The van der Waals surface area contributed by atoms with Crippen molar-refractivity contribution in [1.82, 2.24) is 0 Å². The molecule has 4 heteroatoms. The predicted octanol–water partition coefficient (Wildman–Crippen LogP) is 4.37. The first-order valence-corrected chi connectivity index (χ1v) is 6.98.